The summed E-state index contributed by atoms with van der Waals surface area (Å²) in [6, 6.07) is 1.78. The minimum atomic E-state index is -0.307. The number of carbonyl (C=O) groups excluding carboxylic acids is 1. The van der Waals surface area contributed by atoms with Gasteiger partial charge in [0, 0.05) is 17.8 Å². The molecular formula is C9H6BrNO2S. The smallest absolute Gasteiger partial charge is 0.348 e. The molecule has 5 heteroatoms. The van der Waals surface area contributed by atoms with E-state index in [-0.39, 0.29) is 5.97 Å². The number of pyridine rings is 1. The highest BCUT2D eigenvalue weighted by atomic mass is 79.9. The number of methoxy groups -OCH3 is 1. The molecule has 0 bridgehead atoms. The largest absolute Gasteiger partial charge is 0.465 e. The zero-order valence-electron chi connectivity index (χ0n) is 7.28. The van der Waals surface area contributed by atoms with Crippen LogP contribution in [0.2, 0.25) is 0 Å². The fraction of sp³-hybridized carbons (Fsp3) is 0.111. The first-order chi connectivity index (χ1) is 6.72. The van der Waals surface area contributed by atoms with Crippen LogP contribution in [-0.4, -0.2) is 18.1 Å². The number of nitrogens with zero attached hydrogens (tertiary/aromatic N) is 1. The summed E-state index contributed by atoms with van der Waals surface area (Å²) in [5.74, 6) is -0.307. The molecule has 0 N–H and O–H groups in total. The standard InChI is InChI=1S/C9H6BrNO2S/c1-13-9(12)7-2-5-3-11-4-6(10)8(5)14-7/h2-4H,1H3. The number of rotatable bonds is 1. The fourth-order valence-corrected chi connectivity index (χ4v) is 2.67. The first-order valence-corrected chi connectivity index (χ1v) is 5.44. The molecule has 72 valence electrons. The molecule has 0 spiro atoms. The van der Waals surface area contributed by atoms with Crippen LogP contribution < -0.4 is 0 Å². The van der Waals surface area contributed by atoms with Crippen LogP contribution in [0.5, 0.6) is 0 Å². The number of halogens is 1. The minimum absolute atomic E-state index is 0.307. The van der Waals surface area contributed by atoms with Crippen molar-refractivity contribution in [3.63, 3.8) is 0 Å². The van der Waals surface area contributed by atoms with Crippen molar-refractivity contribution in [1.82, 2.24) is 4.98 Å². The second-order valence-electron chi connectivity index (χ2n) is 2.64. The molecule has 0 aliphatic carbocycles. The summed E-state index contributed by atoms with van der Waals surface area (Å²) in [5.41, 5.74) is 0. The van der Waals surface area contributed by atoms with Crippen molar-refractivity contribution >= 4 is 43.3 Å². The molecule has 0 aromatic carbocycles. The zero-order chi connectivity index (χ0) is 10.1. The summed E-state index contributed by atoms with van der Waals surface area (Å²) in [4.78, 5) is 15.9. The van der Waals surface area contributed by atoms with E-state index in [1.54, 1.807) is 18.5 Å². The van der Waals surface area contributed by atoms with Gasteiger partial charge in [-0.2, -0.15) is 0 Å². The summed E-state index contributed by atoms with van der Waals surface area (Å²) < 4.78 is 6.55. The molecule has 0 atom stereocenters. The molecule has 0 aliphatic rings. The van der Waals surface area contributed by atoms with E-state index in [2.05, 4.69) is 25.7 Å². The maximum Gasteiger partial charge on any atom is 0.348 e. The molecule has 0 saturated heterocycles. The van der Waals surface area contributed by atoms with E-state index in [9.17, 15) is 4.79 Å². The first kappa shape index (κ1) is 9.61. The highest BCUT2D eigenvalue weighted by Gasteiger charge is 2.11. The van der Waals surface area contributed by atoms with Gasteiger partial charge in [0.25, 0.3) is 0 Å². The Kier molecular flexibility index (Phi) is 2.52. The van der Waals surface area contributed by atoms with E-state index in [0.717, 1.165) is 14.6 Å². The summed E-state index contributed by atoms with van der Waals surface area (Å²) in [6.45, 7) is 0. The van der Waals surface area contributed by atoms with Crippen LogP contribution in [-0.2, 0) is 4.74 Å². The van der Waals surface area contributed by atoms with Crippen LogP contribution in [0, 0.1) is 0 Å². The van der Waals surface area contributed by atoms with Crippen molar-refractivity contribution in [1.29, 1.82) is 0 Å². The molecule has 0 amide bonds. The van der Waals surface area contributed by atoms with Gasteiger partial charge < -0.3 is 4.74 Å². The van der Waals surface area contributed by atoms with Gasteiger partial charge >= 0.3 is 5.97 Å². The number of hydrogen-bond acceptors (Lipinski definition) is 4. The van der Waals surface area contributed by atoms with Crippen molar-refractivity contribution in [3.8, 4) is 0 Å². The molecule has 0 radical (unpaired) electrons. The zero-order valence-corrected chi connectivity index (χ0v) is 9.68. The monoisotopic (exact) mass is 271 g/mol. The van der Waals surface area contributed by atoms with Crippen molar-refractivity contribution in [2.45, 2.75) is 0 Å². The Hall–Kier alpha value is -0.940. The number of ether oxygens (including phenoxy) is 1. The Morgan fingerprint density at radius 3 is 3.00 bits per heavy atom. The summed E-state index contributed by atoms with van der Waals surface area (Å²) >= 11 is 4.77. The molecule has 0 saturated carbocycles. The van der Waals surface area contributed by atoms with Gasteiger partial charge in [0.2, 0.25) is 0 Å². The molecule has 3 nitrogen and oxygen atoms in total. The molecule has 14 heavy (non-hydrogen) atoms. The quantitative estimate of drug-likeness (QED) is 0.749. The van der Waals surface area contributed by atoms with E-state index < -0.39 is 0 Å². The molecule has 2 rings (SSSR count). The average molecular weight is 272 g/mol. The van der Waals surface area contributed by atoms with Crippen molar-refractivity contribution in [3.05, 3.63) is 27.8 Å². The molecule has 0 unspecified atom stereocenters. The summed E-state index contributed by atoms with van der Waals surface area (Å²) in [7, 11) is 1.38. The van der Waals surface area contributed by atoms with Gasteiger partial charge in [-0.1, -0.05) is 0 Å². The van der Waals surface area contributed by atoms with Gasteiger partial charge in [-0.15, -0.1) is 11.3 Å². The second-order valence-corrected chi connectivity index (χ2v) is 4.55. The maximum atomic E-state index is 11.2. The first-order valence-electron chi connectivity index (χ1n) is 3.83. The fourth-order valence-electron chi connectivity index (χ4n) is 1.13. The maximum absolute atomic E-state index is 11.2. The lowest BCUT2D eigenvalue weighted by atomic mass is 10.3. The lowest BCUT2D eigenvalue weighted by molar-refractivity contribution is 0.0606. The van der Waals surface area contributed by atoms with Crippen LogP contribution in [0.25, 0.3) is 10.1 Å². The van der Waals surface area contributed by atoms with Crippen molar-refractivity contribution in [2.24, 2.45) is 0 Å². The van der Waals surface area contributed by atoms with Gasteiger partial charge in [0.1, 0.15) is 4.88 Å². The van der Waals surface area contributed by atoms with E-state index in [4.69, 9.17) is 0 Å². The van der Waals surface area contributed by atoms with Gasteiger partial charge in [-0.25, -0.2) is 4.79 Å². The summed E-state index contributed by atoms with van der Waals surface area (Å²) in [5, 5.41) is 0.949. The van der Waals surface area contributed by atoms with Crippen LogP contribution in [0.4, 0.5) is 0 Å². The Morgan fingerprint density at radius 2 is 2.36 bits per heavy atom. The predicted octanol–water partition coefficient (Wildman–Crippen LogP) is 2.85. The lowest BCUT2D eigenvalue weighted by Gasteiger charge is -1.91. The number of carbonyl (C=O) groups is 1. The van der Waals surface area contributed by atoms with Crippen LogP contribution in [0.3, 0.4) is 0 Å². The van der Waals surface area contributed by atoms with Gasteiger partial charge in [0.05, 0.1) is 16.3 Å². The van der Waals surface area contributed by atoms with E-state index in [1.165, 1.54) is 18.4 Å². The predicted molar refractivity (Wildman–Crippen MR) is 58.7 cm³/mol. The third kappa shape index (κ3) is 1.53. The highest BCUT2D eigenvalue weighted by Crippen LogP contribution is 2.31. The van der Waals surface area contributed by atoms with E-state index >= 15 is 0 Å². The molecule has 0 aliphatic heterocycles. The van der Waals surface area contributed by atoms with E-state index in [1.807, 2.05) is 0 Å². The van der Waals surface area contributed by atoms with E-state index in [0.29, 0.717) is 4.88 Å². The molecule has 2 aromatic rings. The number of aromatic nitrogens is 1. The minimum Gasteiger partial charge on any atom is -0.465 e. The Morgan fingerprint density at radius 1 is 1.57 bits per heavy atom. The number of thiophene rings is 1. The van der Waals surface area contributed by atoms with Crippen LogP contribution in [0.1, 0.15) is 9.67 Å². The summed E-state index contributed by atoms with van der Waals surface area (Å²) in [6.07, 6.45) is 3.43. The third-order valence-electron chi connectivity index (χ3n) is 1.77. The average Bonchev–Trinajstić information content (AvgIpc) is 2.62. The lowest BCUT2D eigenvalue weighted by Crippen LogP contribution is -1.96. The SMILES string of the molecule is COC(=O)c1cc2cncc(Br)c2s1. The van der Waals surface area contributed by atoms with Crippen LogP contribution in [0.15, 0.2) is 22.9 Å². The number of fused-ring (bicyclic) bond motifs is 1. The Balaban J connectivity index is 2.62. The molecule has 2 aromatic heterocycles. The third-order valence-corrected chi connectivity index (χ3v) is 3.79. The van der Waals surface area contributed by atoms with Gasteiger partial charge in [-0.3, -0.25) is 4.98 Å². The van der Waals surface area contributed by atoms with Crippen molar-refractivity contribution in [2.75, 3.05) is 7.11 Å². The Labute approximate surface area is 92.8 Å². The topological polar surface area (TPSA) is 39.2 Å². The molecule has 0 fully saturated rings. The molecular weight excluding hydrogens is 266 g/mol. The van der Waals surface area contributed by atoms with Gasteiger partial charge in [-0.05, 0) is 22.0 Å². The van der Waals surface area contributed by atoms with Crippen LogP contribution >= 0.6 is 27.3 Å². The Bertz CT molecular complexity index is 495. The number of esters is 1. The second kappa shape index (κ2) is 3.67. The highest BCUT2D eigenvalue weighted by molar-refractivity contribution is 9.10. The number of hydrogen-bond donors (Lipinski definition) is 0. The van der Waals surface area contributed by atoms with Gasteiger partial charge in [0.15, 0.2) is 0 Å². The molecule has 2 heterocycles. The normalized spacial score (nSPS) is 10.4. The van der Waals surface area contributed by atoms with Crippen molar-refractivity contribution < 1.29 is 9.53 Å².